The van der Waals surface area contributed by atoms with Gasteiger partial charge in [-0.25, -0.2) is 4.79 Å². The van der Waals surface area contributed by atoms with E-state index in [0.29, 0.717) is 18.7 Å². The fraction of sp³-hybridized carbons (Fsp3) is 0.429. The van der Waals surface area contributed by atoms with Crippen LogP contribution in [0.4, 0.5) is 18.9 Å². The number of amides is 2. The van der Waals surface area contributed by atoms with Crippen molar-refractivity contribution in [1.82, 2.24) is 14.9 Å². The number of aliphatic hydroxyl groups is 4. The second-order valence-corrected chi connectivity index (χ2v) is 13.2. The SMILES string of the molecule is NC(=O)[C@H](O[C@H]1OC(C(=O)NCc2ccc(N3CCC(c4ccc(OC(F)(F)F)cc4)CC3)cc2)=C[C@H](O)[C@@H]1O)[C@H]1O[C@@H](n2ccc(=O)[nH]c2=O)C(O)C1O. The van der Waals surface area contributed by atoms with Crippen molar-refractivity contribution in [2.24, 2.45) is 5.73 Å². The van der Waals surface area contributed by atoms with Crippen molar-refractivity contribution in [2.75, 3.05) is 18.0 Å². The van der Waals surface area contributed by atoms with Crippen LogP contribution >= 0.6 is 0 Å². The summed E-state index contributed by atoms with van der Waals surface area (Å²) in [6, 6.07) is 14.2. The minimum atomic E-state index is -4.75. The molecule has 3 aliphatic rings. The molecule has 20 heteroatoms. The molecule has 2 aromatic carbocycles. The van der Waals surface area contributed by atoms with Crippen molar-refractivity contribution in [1.29, 1.82) is 0 Å². The first kappa shape index (κ1) is 39.4. The molecule has 2 fully saturated rings. The summed E-state index contributed by atoms with van der Waals surface area (Å²) in [7, 11) is 0. The third-order valence-electron chi connectivity index (χ3n) is 9.51. The summed E-state index contributed by atoms with van der Waals surface area (Å²) in [6.45, 7) is 1.45. The van der Waals surface area contributed by atoms with E-state index in [9.17, 15) is 52.8 Å². The summed E-state index contributed by atoms with van der Waals surface area (Å²) in [5, 5.41) is 45.0. The minimum absolute atomic E-state index is 0.0233. The van der Waals surface area contributed by atoms with E-state index in [0.717, 1.165) is 47.0 Å². The lowest BCUT2D eigenvalue weighted by Gasteiger charge is -2.34. The van der Waals surface area contributed by atoms with Gasteiger partial charge in [0.25, 0.3) is 11.5 Å². The van der Waals surface area contributed by atoms with Gasteiger partial charge in [-0.2, -0.15) is 0 Å². The Morgan fingerprint density at radius 1 is 0.964 bits per heavy atom. The van der Waals surface area contributed by atoms with Crippen LogP contribution in [0.25, 0.3) is 0 Å². The summed E-state index contributed by atoms with van der Waals surface area (Å²) in [5.41, 5.74) is 6.33. The zero-order valence-corrected chi connectivity index (χ0v) is 28.7. The van der Waals surface area contributed by atoms with E-state index in [2.05, 4.69) is 15.0 Å². The van der Waals surface area contributed by atoms with Gasteiger partial charge in [0, 0.05) is 37.6 Å². The monoisotopic (exact) mass is 777 g/mol. The third kappa shape index (κ3) is 9.18. The number of alkyl halides is 3. The zero-order valence-electron chi connectivity index (χ0n) is 28.7. The molecule has 2 amide bonds. The predicted octanol–water partition coefficient (Wildman–Crippen LogP) is -0.413. The number of halogens is 3. The van der Waals surface area contributed by atoms with Gasteiger partial charge in [-0.05, 0) is 60.2 Å². The van der Waals surface area contributed by atoms with Crippen LogP contribution in [0, 0.1) is 0 Å². The number of nitrogens with zero attached hydrogens (tertiary/aromatic N) is 2. The van der Waals surface area contributed by atoms with E-state index in [-0.39, 0.29) is 18.2 Å². The van der Waals surface area contributed by atoms with Gasteiger partial charge < -0.3 is 55.3 Å². The zero-order chi connectivity index (χ0) is 39.6. The van der Waals surface area contributed by atoms with Crippen LogP contribution in [0.1, 0.15) is 36.1 Å². The van der Waals surface area contributed by atoms with Crippen LogP contribution < -0.4 is 31.9 Å². The van der Waals surface area contributed by atoms with Gasteiger partial charge in [0.15, 0.2) is 18.1 Å². The minimum Gasteiger partial charge on any atom is -0.456 e. The number of hydrogen-bond donors (Lipinski definition) is 7. The lowest BCUT2D eigenvalue weighted by atomic mass is 9.89. The van der Waals surface area contributed by atoms with E-state index >= 15 is 0 Å². The molecule has 17 nitrogen and oxygen atoms in total. The molecule has 2 saturated heterocycles. The molecule has 0 bridgehead atoms. The third-order valence-corrected chi connectivity index (χ3v) is 9.51. The highest BCUT2D eigenvalue weighted by atomic mass is 19.4. The van der Waals surface area contributed by atoms with Gasteiger partial charge in [-0.15, -0.1) is 13.2 Å². The molecule has 55 heavy (non-hydrogen) atoms. The molecule has 8 atom stereocenters. The van der Waals surface area contributed by atoms with Crippen molar-refractivity contribution < 1.29 is 62.1 Å². The van der Waals surface area contributed by atoms with Gasteiger partial charge in [-0.3, -0.25) is 23.9 Å². The number of primary amides is 1. The van der Waals surface area contributed by atoms with Crippen molar-refractivity contribution >= 4 is 17.5 Å². The summed E-state index contributed by atoms with van der Waals surface area (Å²) in [4.78, 5) is 53.4. The molecule has 2 unspecified atom stereocenters. The maximum absolute atomic E-state index is 13.1. The van der Waals surface area contributed by atoms with Crippen molar-refractivity contribution in [3.8, 4) is 5.75 Å². The average molecular weight is 778 g/mol. The molecular weight excluding hydrogens is 739 g/mol. The van der Waals surface area contributed by atoms with Crippen LogP contribution in [0.5, 0.6) is 5.75 Å². The second-order valence-electron chi connectivity index (χ2n) is 13.2. The number of ether oxygens (including phenoxy) is 4. The maximum atomic E-state index is 13.1. The number of benzene rings is 2. The summed E-state index contributed by atoms with van der Waals surface area (Å²) in [5.74, 6) is -2.63. The highest BCUT2D eigenvalue weighted by molar-refractivity contribution is 5.91. The number of aliphatic hydroxyl groups excluding tert-OH is 4. The Kier molecular flexibility index (Phi) is 11.6. The molecular formula is C35H38F3N5O12. The number of nitrogens with one attached hydrogen (secondary N) is 2. The van der Waals surface area contributed by atoms with Crippen LogP contribution in [0.2, 0.25) is 0 Å². The van der Waals surface area contributed by atoms with Crippen LogP contribution in [-0.4, -0.2) is 104 Å². The lowest BCUT2D eigenvalue weighted by molar-refractivity contribution is -0.274. The maximum Gasteiger partial charge on any atom is 0.573 e. The normalized spacial score (nSPS) is 26.5. The van der Waals surface area contributed by atoms with Crippen molar-refractivity contribution in [3.05, 3.63) is 105 Å². The molecule has 0 saturated carbocycles. The summed E-state index contributed by atoms with van der Waals surface area (Å²) >= 11 is 0. The number of aromatic amines is 1. The summed E-state index contributed by atoms with van der Waals surface area (Å²) < 4.78 is 58.7. The molecule has 6 rings (SSSR count). The smallest absolute Gasteiger partial charge is 0.456 e. The first-order valence-corrected chi connectivity index (χ1v) is 17.1. The number of H-pyrrole nitrogens is 1. The number of carbonyl (C=O) groups excluding carboxylic acids is 2. The van der Waals surface area contributed by atoms with Crippen molar-refractivity contribution in [3.63, 3.8) is 0 Å². The molecule has 0 radical (unpaired) electrons. The second kappa shape index (κ2) is 16.2. The number of nitrogens with two attached hydrogens (primary N) is 1. The molecule has 3 aromatic rings. The van der Waals surface area contributed by atoms with Crippen LogP contribution in [0.15, 0.2) is 82.2 Å². The highest BCUT2D eigenvalue weighted by Crippen LogP contribution is 2.34. The Morgan fingerprint density at radius 2 is 1.64 bits per heavy atom. The Bertz CT molecular complexity index is 1980. The Labute approximate surface area is 309 Å². The molecule has 3 aliphatic heterocycles. The first-order valence-electron chi connectivity index (χ1n) is 17.1. The van der Waals surface area contributed by atoms with Crippen LogP contribution in [-0.2, 0) is 30.3 Å². The number of piperidine rings is 1. The molecule has 4 heterocycles. The highest BCUT2D eigenvalue weighted by Gasteiger charge is 2.51. The van der Waals surface area contributed by atoms with Gasteiger partial charge in [0.2, 0.25) is 12.2 Å². The van der Waals surface area contributed by atoms with E-state index in [1.807, 2.05) is 17.1 Å². The average Bonchev–Trinajstić information content (AvgIpc) is 3.43. The molecule has 0 aliphatic carbocycles. The van der Waals surface area contributed by atoms with E-state index in [1.54, 1.807) is 24.3 Å². The topological polar surface area (TPSA) is 248 Å². The lowest BCUT2D eigenvalue weighted by Crippen LogP contribution is -2.53. The molecule has 8 N–H and O–H groups in total. The number of aromatic nitrogens is 2. The van der Waals surface area contributed by atoms with Crippen molar-refractivity contribution in [2.45, 2.75) is 80.8 Å². The number of carbonyl (C=O) groups is 2. The van der Waals surface area contributed by atoms with Gasteiger partial charge in [-0.1, -0.05) is 24.3 Å². The number of rotatable bonds is 11. The quantitative estimate of drug-likeness (QED) is 0.131. The molecule has 296 valence electrons. The Hall–Kier alpha value is -5.25. The van der Waals surface area contributed by atoms with E-state index < -0.39 is 84.3 Å². The van der Waals surface area contributed by atoms with Gasteiger partial charge >= 0.3 is 12.1 Å². The predicted molar refractivity (Wildman–Crippen MR) is 182 cm³/mol. The Balaban J connectivity index is 1.02. The largest absolute Gasteiger partial charge is 0.573 e. The standard InChI is InChI=1S/C35H38F3N5O12/c36-35(37,38)55-21-7-3-18(4-8-21)19-9-12-42(13-10-19)20-5-1-17(2-6-20)16-40-31(50)23-15-22(44)25(46)33(52-23)54-29(30(39)49)28-26(47)27(48)32(53-28)43-14-11-24(45)41-34(43)51/h1-8,11,14-15,19,22,25-29,32-33,44,46-48H,9-10,12-13,16H2,(H2,39,49)(H,40,50)(H,41,45,51)/t22-,25-,26?,27?,28-,29+,32+,33+/m0/s1. The van der Waals surface area contributed by atoms with Crippen LogP contribution in [0.3, 0.4) is 0 Å². The summed E-state index contributed by atoms with van der Waals surface area (Å²) in [6.07, 6.45) is -15.7. The van der Waals surface area contributed by atoms with E-state index in [4.69, 9.17) is 19.9 Å². The fourth-order valence-electron chi connectivity index (χ4n) is 6.64. The fourth-order valence-corrected chi connectivity index (χ4v) is 6.64. The van der Waals surface area contributed by atoms with Gasteiger partial charge in [0.1, 0.15) is 36.3 Å². The van der Waals surface area contributed by atoms with Gasteiger partial charge in [0.05, 0.1) is 0 Å². The Morgan fingerprint density at radius 3 is 2.25 bits per heavy atom. The van der Waals surface area contributed by atoms with E-state index in [1.165, 1.54) is 12.1 Å². The molecule has 1 aromatic heterocycles. The number of hydrogen-bond acceptors (Lipinski definition) is 13. The molecule has 0 spiro atoms. The first-order chi connectivity index (χ1) is 26.1. The number of anilines is 1.